The molecule has 1 saturated carbocycles. The fourth-order valence-electron chi connectivity index (χ4n) is 2.47. The number of amides is 1. The predicted molar refractivity (Wildman–Crippen MR) is 68.8 cm³/mol. The van der Waals surface area contributed by atoms with Crippen LogP contribution in [0.15, 0.2) is 0 Å². The van der Waals surface area contributed by atoms with Gasteiger partial charge in [0.2, 0.25) is 5.91 Å². The van der Waals surface area contributed by atoms with E-state index in [9.17, 15) is 4.79 Å². The van der Waals surface area contributed by atoms with Crippen molar-refractivity contribution in [3.05, 3.63) is 0 Å². The molecule has 0 radical (unpaired) electrons. The highest BCUT2D eigenvalue weighted by atomic mass is 16.1. The van der Waals surface area contributed by atoms with Crippen molar-refractivity contribution >= 4 is 5.91 Å². The van der Waals surface area contributed by atoms with Crippen LogP contribution in [0, 0.1) is 11.8 Å². The Kier molecular flexibility index (Phi) is 4.80. The zero-order valence-corrected chi connectivity index (χ0v) is 10.9. The van der Waals surface area contributed by atoms with Crippen molar-refractivity contribution in [2.24, 2.45) is 11.8 Å². The molecule has 4 nitrogen and oxygen atoms in total. The van der Waals surface area contributed by atoms with Crippen molar-refractivity contribution in [2.45, 2.75) is 25.7 Å². The maximum absolute atomic E-state index is 11.6. The average Bonchev–Trinajstić information content (AvgIpc) is 3.11. The van der Waals surface area contributed by atoms with E-state index in [1.165, 1.54) is 32.2 Å². The van der Waals surface area contributed by atoms with E-state index in [1.54, 1.807) is 0 Å². The monoisotopic (exact) mass is 239 g/mol. The van der Waals surface area contributed by atoms with Gasteiger partial charge in [0.1, 0.15) is 0 Å². The topological polar surface area (TPSA) is 44.4 Å². The first-order chi connectivity index (χ1) is 8.24. The standard InChI is InChI=1S/C13H25N3O/c1-16-6-2-3-12(10-16)8-15-13(17)9-14-7-11-4-5-11/h11-12,14H,2-10H2,1H3,(H,15,17). The Balaban J connectivity index is 1.52. The Morgan fingerprint density at radius 2 is 2.06 bits per heavy atom. The van der Waals surface area contributed by atoms with Crippen LogP contribution < -0.4 is 10.6 Å². The molecule has 1 unspecified atom stereocenters. The zero-order chi connectivity index (χ0) is 12.1. The van der Waals surface area contributed by atoms with Crippen LogP contribution in [0.2, 0.25) is 0 Å². The van der Waals surface area contributed by atoms with Gasteiger partial charge in [0, 0.05) is 13.1 Å². The number of piperidine rings is 1. The highest BCUT2D eigenvalue weighted by Gasteiger charge is 2.21. The van der Waals surface area contributed by atoms with Gasteiger partial charge in [0.15, 0.2) is 0 Å². The number of carbonyl (C=O) groups is 1. The van der Waals surface area contributed by atoms with Crippen LogP contribution in [0.1, 0.15) is 25.7 Å². The van der Waals surface area contributed by atoms with Crippen LogP contribution >= 0.6 is 0 Å². The summed E-state index contributed by atoms with van der Waals surface area (Å²) in [6, 6.07) is 0. The summed E-state index contributed by atoms with van der Waals surface area (Å²) in [5.74, 6) is 1.63. The van der Waals surface area contributed by atoms with Crippen LogP contribution in [-0.4, -0.2) is 50.6 Å². The van der Waals surface area contributed by atoms with Crippen LogP contribution in [0.4, 0.5) is 0 Å². The minimum atomic E-state index is 0.152. The Bertz CT molecular complexity index is 253. The minimum Gasteiger partial charge on any atom is -0.355 e. The SMILES string of the molecule is CN1CCCC(CNC(=O)CNCC2CC2)C1. The first-order valence-electron chi connectivity index (χ1n) is 6.90. The van der Waals surface area contributed by atoms with E-state index >= 15 is 0 Å². The van der Waals surface area contributed by atoms with Crippen LogP contribution in [0.25, 0.3) is 0 Å². The number of carbonyl (C=O) groups excluding carboxylic acids is 1. The summed E-state index contributed by atoms with van der Waals surface area (Å²) in [5, 5.41) is 6.26. The largest absolute Gasteiger partial charge is 0.355 e. The zero-order valence-electron chi connectivity index (χ0n) is 10.9. The molecule has 2 aliphatic rings. The molecule has 0 spiro atoms. The number of hydrogen-bond acceptors (Lipinski definition) is 3. The first-order valence-corrected chi connectivity index (χ1v) is 6.90. The third-order valence-corrected chi connectivity index (χ3v) is 3.73. The van der Waals surface area contributed by atoms with Gasteiger partial charge in [-0.1, -0.05) is 0 Å². The molecule has 98 valence electrons. The van der Waals surface area contributed by atoms with Gasteiger partial charge in [0.05, 0.1) is 6.54 Å². The number of likely N-dealkylation sites (tertiary alicyclic amines) is 1. The third-order valence-electron chi connectivity index (χ3n) is 3.73. The molecule has 4 heteroatoms. The quantitative estimate of drug-likeness (QED) is 0.707. The fraction of sp³-hybridized carbons (Fsp3) is 0.923. The molecule has 1 aliphatic heterocycles. The van der Waals surface area contributed by atoms with E-state index in [2.05, 4.69) is 22.6 Å². The van der Waals surface area contributed by atoms with Crippen molar-refractivity contribution in [3.8, 4) is 0 Å². The molecule has 1 saturated heterocycles. The van der Waals surface area contributed by atoms with Crippen LogP contribution in [0.5, 0.6) is 0 Å². The molecule has 0 bridgehead atoms. The number of hydrogen-bond donors (Lipinski definition) is 2. The van der Waals surface area contributed by atoms with E-state index < -0.39 is 0 Å². The highest BCUT2D eigenvalue weighted by molar-refractivity contribution is 5.77. The maximum Gasteiger partial charge on any atom is 0.233 e. The Labute approximate surface area is 104 Å². The van der Waals surface area contributed by atoms with Crippen molar-refractivity contribution in [1.82, 2.24) is 15.5 Å². The highest BCUT2D eigenvalue weighted by Crippen LogP contribution is 2.27. The van der Waals surface area contributed by atoms with Crippen molar-refractivity contribution in [2.75, 3.05) is 39.8 Å². The molecule has 2 rings (SSSR count). The second kappa shape index (κ2) is 6.36. The molecule has 1 heterocycles. The van der Waals surface area contributed by atoms with Crippen LogP contribution in [-0.2, 0) is 4.79 Å². The smallest absolute Gasteiger partial charge is 0.233 e. The van der Waals surface area contributed by atoms with Gasteiger partial charge < -0.3 is 15.5 Å². The van der Waals surface area contributed by atoms with E-state index in [4.69, 9.17) is 0 Å². The summed E-state index contributed by atoms with van der Waals surface area (Å²) in [5.41, 5.74) is 0. The van der Waals surface area contributed by atoms with Crippen molar-refractivity contribution in [3.63, 3.8) is 0 Å². The first kappa shape index (κ1) is 12.8. The number of rotatable bonds is 6. The molecule has 0 aromatic rings. The fourth-order valence-corrected chi connectivity index (χ4v) is 2.47. The summed E-state index contributed by atoms with van der Waals surface area (Å²) in [6.45, 7) is 4.66. The van der Waals surface area contributed by atoms with Crippen molar-refractivity contribution < 1.29 is 4.79 Å². The second-order valence-corrected chi connectivity index (χ2v) is 5.65. The molecule has 2 N–H and O–H groups in total. The molecule has 1 atom stereocenters. The molecule has 2 fully saturated rings. The Hall–Kier alpha value is -0.610. The minimum absolute atomic E-state index is 0.152. The van der Waals surface area contributed by atoms with E-state index in [0.29, 0.717) is 12.5 Å². The van der Waals surface area contributed by atoms with Gasteiger partial charge in [-0.25, -0.2) is 0 Å². The number of nitrogens with one attached hydrogen (secondary N) is 2. The number of nitrogens with zero attached hydrogens (tertiary/aromatic N) is 1. The van der Waals surface area contributed by atoms with Gasteiger partial charge in [-0.3, -0.25) is 4.79 Å². The van der Waals surface area contributed by atoms with Gasteiger partial charge in [-0.2, -0.15) is 0 Å². The van der Waals surface area contributed by atoms with E-state index in [1.807, 2.05) is 0 Å². The summed E-state index contributed by atoms with van der Waals surface area (Å²) in [4.78, 5) is 13.9. The summed E-state index contributed by atoms with van der Waals surface area (Å²) in [6.07, 6.45) is 5.18. The van der Waals surface area contributed by atoms with E-state index in [-0.39, 0.29) is 5.91 Å². The lowest BCUT2D eigenvalue weighted by Gasteiger charge is -2.29. The van der Waals surface area contributed by atoms with Gasteiger partial charge >= 0.3 is 0 Å². The predicted octanol–water partition coefficient (Wildman–Crippen LogP) is 0.444. The normalized spacial score (nSPS) is 25.8. The van der Waals surface area contributed by atoms with Gasteiger partial charge in [-0.05, 0) is 57.7 Å². The molecule has 1 amide bonds. The molecule has 17 heavy (non-hydrogen) atoms. The Morgan fingerprint density at radius 3 is 2.76 bits per heavy atom. The summed E-state index contributed by atoms with van der Waals surface area (Å²) < 4.78 is 0. The summed E-state index contributed by atoms with van der Waals surface area (Å²) >= 11 is 0. The van der Waals surface area contributed by atoms with Gasteiger partial charge in [0.25, 0.3) is 0 Å². The molecule has 0 aromatic heterocycles. The second-order valence-electron chi connectivity index (χ2n) is 5.65. The average molecular weight is 239 g/mol. The van der Waals surface area contributed by atoms with Crippen molar-refractivity contribution in [1.29, 1.82) is 0 Å². The lowest BCUT2D eigenvalue weighted by Crippen LogP contribution is -2.41. The lowest BCUT2D eigenvalue weighted by molar-refractivity contribution is -0.120. The van der Waals surface area contributed by atoms with E-state index in [0.717, 1.165) is 25.6 Å². The molecule has 1 aliphatic carbocycles. The molecule has 0 aromatic carbocycles. The van der Waals surface area contributed by atoms with Crippen LogP contribution in [0.3, 0.4) is 0 Å². The molecular weight excluding hydrogens is 214 g/mol. The van der Waals surface area contributed by atoms with Gasteiger partial charge in [-0.15, -0.1) is 0 Å². The Morgan fingerprint density at radius 1 is 1.24 bits per heavy atom. The lowest BCUT2D eigenvalue weighted by atomic mass is 9.98. The molecular formula is C13H25N3O. The summed E-state index contributed by atoms with van der Waals surface area (Å²) in [7, 11) is 2.16. The maximum atomic E-state index is 11.6. The third kappa shape index (κ3) is 5.04.